The fourth-order valence-corrected chi connectivity index (χ4v) is 3.12. The van der Waals surface area contributed by atoms with Gasteiger partial charge >= 0.3 is 0 Å². The van der Waals surface area contributed by atoms with Crippen molar-refractivity contribution in [1.29, 1.82) is 0 Å². The van der Waals surface area contributed by atoms with Gasteiger partial charge in [0.25, 0.3) is 0 Å². The van der Waals surface area contributed by atoms with Gasteiger partial charge in [0.2, 0.25) is 0 Å². The maximum absolute atomic E-state index is 5.63. The number of hydrogen-bond donors (Lipinski definition) is 1. The molecule has 5 heteroatoms. The highest BCUT2D eigenvalue weighted by atomic mass is 32.1. The van der Waals surface area contributed by atoms with E-state index >= 15 is 0 Å². The molecule has 1 atom stereocenters. The molecule has 0 aliphatic rings. The molecule has 21 heavy (non-hydrogen) atoms. The predicted molar refractivity (Wildman–Crippen MR) is 92.6 cm³/mol. The molecule has 1 N–H and O–H groups in total. The Morgan fingerprint density at radius 3 is 2.57 bits per heavy atom. The summed E-state index contributed by atoms with van der Waals surface area (Å²) in [4.78, 5) is 8.46. The zero-order valence-corrected chi connectivity index (χ0v) is 15.2. The van der Waals surface area contributed by atoms with Crippen LogP contribution in [0.2, 0.25) is 0 Å². The summed E-state index contributed by atoms with van der Waals surface area (Å²) in [5.74, 6) is 0.518. The molecule has 0 aromatic carbocycles. The summed E-state index contributed by atoms with van der Waals surface area (Å²) in [5, 5.41) is 4.52. The topological polar surface area (TPSA) is 37.4 Å². The molecule has 1 aromatic rings. The third-order valence-electron chi connectivity index (χ3n) is 3.54. The summed E-state index contributed by atoms with van der Waals surface area (Å²) in [5.41, 5.74) is 1.26. The number of rotatable bonds is 10. The average molecular weight is 314 g/mol. The van der Waals surface area contributed by atoms with Crippen LogP contribution in [-0.2, 0) is 11.3 Å². The molecule has 4 nitrogen and oxygen atoms in total. The number of nitrogens with zero attached hydrogens (tertiary/aromatic N) is 2. The number of anilines is 1. The van der Waals surface area contributed by atoms with Crippen LogP contribution in [0.4, 0.5) is 5.13 Å². The molecule has 0 spiro atoms. The minimum Gasteiger partial charge on any atom is -0.377 e. The molecule has 0 amide bonds. The largest absolute Gasteiger partial charge is 0.377 e. The second-order valence-electron chi connectivity index (χ2n) is 5.74. The number of ether oxygens (including phenoxy) is 1. The summed E-state index contributed by atoms with van der Waals surface area (Å²) in [6.07, 6.45) is 1.41. The fourth-order valence-electron chi connectivity index (χ4n) is 1.98. The highest BCUT2D eigenvalue weighted by Gasteiger charge is 2.17. The number of likely N-dealkylation sites (N-methyl/N-ethyl adjacent to an activating group) is 1. The first kappa shape index (κ1) is 18.4. The van der Waals surface area contributed by atoms with E-state index in [4.69, 9.17) is 9.72 Å². The Hall–Kier alpha value is -0.650. The Morgan fingerprint density at radius 2 is 2.00 bits per heavy atom. The Balaban J connectivity index is 2.75. The smallest absolute Gasteiger partial charge is 0.185 e. The van der Waals surface area contributed by atoms with E-state index in [-0.39, 0.29) is 6.10 Å². The Labute approximate surface area is 133 Å². The molecule has 1 aromatic heterocycles. The first-order valence-corrected chi connectivity index (χ1v) is 8.84. The number of thiazole rings is 1. The van der Waals surface area contributed by atoms with Crippen LogP contribution in [0.15, 0.2) is 0 Å². The molecule has 1 rings (SSSR count). The minimum absolute atomic E-state index is 0.287. The van der Waals surface area contributed by atoms with Crippen molar-refractivity contribution in [3.63, 3.8) is 0 Å². The van der Waals surface area contributed by atoms with Gasteiger partial charge in [0.1, 0.15) is 0 Å². The predicted octanol–water partition coefficient (Wildman–Crippen LogP) is 3.63. The molecule has 0 saturated carbocycles. The van der Waals surface area contributed by atoms with E-state index in [1.807, 2.05) is 0 Å². The van der Waals surface area contributed by atoms with Gasteiger partial charge in [0.15, 0.2) is 5.13 Å². The Bertz CT molecular complexity index is 406. The molecule has 0 radical (unpaired) electrons. The molecular weight excluding hydrogens is 282 g/mol. The van der Waals surface area contributed by atoms with Gasteiger partial charge in [-0.25, -0.2) is 4.98 Å². The highest BCUT2D eigenvalue weighted by Crippen LogP contribution is 2.31. The van der Waals surface area contributed by atoms with E-state index in [0.29, 0.717) is 5.92 Å². The molecule has 0 saturated heterocycles. The lowest BCUT2D eigenvalue weighted by Gasteiger charge is -2.16. The Kier molecular flexibility index (Phi) is 8.22. The van der Waals surface area contributed by atoms with Gasteiger partial charge in [-0.3, -0.25) is 0 Å². The van der Waals surface area contributed by atoms with E-state index in [1.165, 1.54) is 10.6 Å². The summed E-state index contributed by atoms with van der Waals surface area (Å²) in [6, 6.07) is 0. The van der Waals surface area contributed by atoms with Crippen molar-refractivity contribution < 1.29 is 4.74 Å². The molecule has 0 aliphatic carbocycles. The van der Waals surface area contributed by atoms with Crippen molar-refractivity contribution in [3.8, 4) is 0 Å². The van der Waals surface area contributed by atoms with Crippen LogP contribution in [-0.4, -0.2) is 37.8 Å². The van der Waals surface area contributed by atoms with Crippen LogP contribution in [0.3, 0.4) is 0 Å². The highest BCUT2D eigenvalue weighted by molar-refractivity contribution is 7.15. The van der Waals surface area contributed by atoms with Crippen LogP contribution < -0.4 is 10.2 Å². The lowest BCUT2D eigenvalue weighted by molar-refractivity contribution is 0.0846. The second kappa shape index (κ2) is 9.38. The first-order chi connectivity index (χ1) is 9.99. The molecule has 1 unspecified atom stereocenters. The summed E-state index contributed by atoms with van der Waals surface area (Å²) >= 11 is 1.81. The van der Waals surface area contributed by atoms with Crippen LogP contribution in [0, 0.1) is 0 Å². The molecule has 0 fully saturated rings. The van der Waals surface area contributed by atoms with Crippen molar-refractivity contribution in [2.24, 2.45) is 0 Å². The molecule has 122 valence electrons. The van der Waals surface area contributed by atoms with Gasteiger partial charge < -0.3 is 15.0 Å². The first-order valence-electron chi connectivity index (χ1n) is 8.02. The van der Waals surface area contributed by atoms with Gasteiger partial charge in [0, 0.05) is 25.0 Å². The molecule has 1 heterocycles. The standard InChI is InChI=1S/C16H31N3OS/c1-7-13(5)15-14(11-17-8-2)21-16(18-15)19(6)9-10-20-12(3)4/h12-13,17H,7-11H2,1-6H3. The van der Waals surface area contributed by atoms with Gasteiger partial charge in [0.05, 0.1) is 18.4 Å². The van der Waals surface area contributed by atoms with Gasteiger partial charge in [-0.1, -0.05) is 20.8 Å². The number of aromatic nitrogens is 1. The van der Waals surface area contributed by atoms with Crippen LogP contribution >= 0.6 is 11.3 Å². The minimum atomic E-state index is 0.287. The van der Waals surface area contributed by atoms with Crippen molar-refractivity contribution >= 4 is 16.5 Å². The van der Waals surface area contributed by atoms with E-state index < -0.39 is 0 Å². The van der Waals surface area contributed by atoms with E-state index in [0.717, 1.165) is 37.8 Å². The van der Waals surface area contributed by atoms with Gasteiger partial charge in [-0.2, -0.15) is 0 Å². The molecule has 0 bridgehead atoms. The molecule has 0 aliphatic heterocycles. The van der Waals surface area contributed by atoms with Crippen LogP contribution in [0.1, 0.15) is 57.5 Å². The van der Waals surface area contributed by atoms with Gasteiger partial charge in [-0.15, -0.1) is 11.3 Å². The summed E-state index contributed by atoms with van der Waals surface area (Å²) in [7, 11) is 2.10. The molecular formula is C16H31N3OS. The maximum Gasteiger partial charge on any atom is 0.185 e. The summed E-state index contributed by atoms with van der Waals surface area (Å²) in [6.45, 7) is 14.3. The zero-order chi connectivity index (χ0) is 15.8. The third kappa shape index (κ3) is 5.93. The quantitative estimate of drug-likeness (QED) is 0.716. The zero-order valence-electron chi connectivity index (χ0n) is 14.4. The third-order valence-corrected chi connectivity index (χ3v) is 4.72. The Morgan fingerprint density at radius 1 is 1.29 bits per heavy atom. The number of nitrogens with one attached hydrogen (secondary N) is 1. The van der Waals surface area contributed by atoms with Crippen molar-refractivity contribution in [3.05, 3.63) is 10.6 Å². The van der Waals surface area contributed by atoms with Crippen molar-refractivity contribution in [2.45, 2.75) is 59.6 Å². The maximum atomic E-state index is 5.63. The SMILES string of the molecule is CCNCc1sc(N(C)CCOC(C)C)nc1C(C)CC. The lowest BCUT2D eigenvalue weighted by atomic mass is 10.0. The lowest BCUT2D eigenvalue weighted by Crippen LogP contribution is -2.23. The van der Waals surface area contributed by atoms with E-state index in [9.17, 15) is 0 Å². The fraction of sp³-hybridized carbons (Fsp3) is 0.812. The van der Waals surface area contributed by atoms with Crippen LogP contribution in [0.5, 0.6) is 0 Å². The second-order valence-corrected chi connectivity index (χ2v) is 6.80. The monoisotopic (exact) mass is 313 g/mol. The number of hydrogen-bond acceptors (Lipinski definition) is 5. The van der Waals surface area contributed by atoms with Crippen LogP contribution in [0.25, 0.3) is 0 Å². The van der Waals surface area contributed by atoms with E-state index in [2.05, 4.69) is 51.9 Å². The normalized spacial score (nSPS) is 12.9. The average Bonchev–Trinajstić information content (AvgIpc) is 2.88. The summed E-state index contributed by atoms with van der Waals surface area (Å²) < 4.78 is 5.63. The van der Waals surface area contributed by atoms with Gasteiger partial charge in [-0.05, 0) is 32.7 Å². The van der Waals surface area contributed by atoms with Crippen molar-refractivity contribution in [2.75, 3.05) is 31.6 Å². The van der Waals surface area contributed by atoms with E-state index in [1.54, 1.807) is 11.3 Å². The van der Waals surface area contributed by atoms with Crippen molar-refractivity contribution in [1.82, 2.24) is 10.3 Å².